The summed E-state index contributed by atoms with van der Waals surface area (Å²) in [4.78, 5) is 0. The van der Waals surface area contributed by atoms with E-state index in [0.29, 0.717) is 6.54 Å². The van der Waals surface area contributed by atoms with E-state index >= 15 is 0 Å². The minimum absolute atomic E-state index is 0.276. The second-order valence-corrected chi connectivity index (χ2v) is 4.56. The molecule has 0 aromatic heterocycles. The molecule has 0 radical (unpaired) electrons. The molecule has 0 saturated carbocycles. The Labute approximate surface area is 92.0 Å². The lowest BCUT2D eigenvalue weighted by molar-refractivity contribution is 0.112. The maximum Gasteiger partial charge on any atom is 0.216 e. The van der Waals surface area contributed by atoms with E-state index in [1.54, 1.807) is 0 Å². The van der Waals surface area contributed by atoms with Crippen molar-refractivity contribution in [1.82, 2.24) is 5.32 Å². The van der Waals surface area contributed by atoms with Crippen LogP contribution in [0, 0.1) is 0 Å². The molecule has 0 spiro atoms. The molecule has 0 saturated heterocycles. The fraction of sp³-hybridized carbons (Fsp3) is 0.556. The van der Waals surface area contributed by atoms with Gasteiger partial charge >= 0.3 is 0 Å². The molecule has 1 aliphatic carbocycles. The molecule has 2 unspecified atom stereocenters. The molecule has 2 aliphatic rings. The monoisotopic (exact) mass is 235 g/mol. The van der Waals surface area contributed by atoms with Gasteiger partial charge in [-0.3, -0.25) is 0 Å². The van der Waals surface area contributed by atoms with Crippen LogP contribution in [-0.4, -0.2) is 33.7 Å². The predicted molar refractivity (Wildman–Crippen MR) is 55.7 cm³/mol. The molecule has 2 rings (SSSR count). The van der Waals surface area contributed by atoms with Crippen LogP contribution in [-0.2, 0) is 0 Å². The van der Waals surface area contributed by atoms with Gasteiger partial charge in [-0.05, 0) is 30.2 Å². The summed E-state index contributed by atoms with van der Waals surface area (Å²) < 4.78 is 0. The van der Waals surface area contributed by atoms with E-state index in [9.17, 15) is 10.2 Å². The molecular weight excluding hydrogens is 225 g/mol. The second kappa shape index (κ2) is 3.42. The summed E-state index contributed by atoms with van der Waals surface area (Å²) in [5, 5.41) is 19.8. The molecule has 14 heavy (non-hydrogen) atoms. The normalized spacial score (nSPS) is 37.9. The first-order valence-corrected chi connectivity index (χ1v) is 5.24. The minimum Gasteiger partial charge on any atom is -0.508 e. The predicted octanol–water partition coefficient (Wildman–Crippen LogP) is 1.27. The molecule has 5 heteroatoms. The van der Waals surface area contributed by atoms with Crippen molar-refractivity contribution >= 4 is 23.2 Å². The zero-order chi connectivity index (χ0) is 10.3. The van der Waals surface area contributed by atoms with E-state index in [-0.39, 0.29) is 5.76 Å². The van der Waals surface area contributed by atoms with Crippen LogP contribution >= 0.6 is 23.2 Å². The van der Waals surface area contributed by atoms with E-state index in [0.717, 1.165) is 24.1 Å². The van der Waals surface area contributed by atoms with Gasteiger partial charge in [-0.25, -0.2) is 0 Å². The number of alkyl halides is 2. The van der Waals surface area contributed by atoms with E-state index in [4.69, 9.17) is 23.2 Å². The lowest BCUT2D eigenvalue weighted by Gasteiger charge is -2.34. The van der Waals surface area contributed by atoms with E-state index in [2.05, 4.69) is 5.32 Å². The molecule has 2 atom stereocenters. The van der Waals surface area contributed by atoms with Gasteiger partial charge in [0.05, 0.1) is 0 Å². The first-order chi connectivity index (χ1) is 6.53. The van der Waals surface area contributed by atoms with E-state index in [1.165, 1.54) is 6.08 Å². The highest BCUT2D eigenvalue weighted by molar-refractivity contribution is 6.34. The largest absolute Gasteiger partial charge is 0.508 e. The van der Waals surface area contributed by atoms with Crippen molar-refractivity contribution < 1.29 is 10.2 Å². The highest BCUT2D eigenvalue weighted by atomic mass is 35.5. The lowest BCUT2D eigenvalue weighted by Crippen LogP contribution is -2.42. The number of hydrogen-bond donors (Lipinski definition) is 3. The van der Waals surface area contributed by atoms with Crippen molar-refractivity contribution in [2.75, 3.05) is 13.1 Å². The van der Waals surface area contributed by atoms with Gasteiger partial charge in [-0.1, -0.05) is 11.6 Å². The van der Waals surface area contributed by atoms with Gasteiger partial charge in [0.15, 0.2) is 0 Å². The Kier molecular flexibility index (Phi) is 2.52. The topological polar surface area (TPSA) is 52.5 Å². The fourth-order valence-corrected chi connectivity index (χ4v) is 2.33. The second-order valence-electron chi connectivity index (χ2n) is 3.54. The molecule has 0 bridgehead atoms. The number of halogens is 2. The van der Waals surface area contributed by atoms with Gasteiger partial charge in [0, 0.05) is 6.54 Å². The fourth-order valence-electron chi connectivity index (χ4n) is 1.78. The molecule has 0 fully saturated rings. The van der Waals surface area contributed by atoms with Crippen LogP contribution in [0.4, 0.5) is 0 Å². The summed E-state index contributed by atoms with van der Waals surface area (Å²) in [6.45, 7) is 1.49. The molecule has 0 aromatic carbocycles. The average Bonchev–Trinajstić information content (AvgIpc) is 2.15. The molecule has 0 amide bonds. The summed E-state index contributed by atoms with van der Waals surface area (Å²) in [5.74, 6) is -0.276. The van der Waals surface area contributed by atoms with Crippen LogP contribution in [0.5, 0.6) is 0 Å². The summed E-state index contributed by atoms with van der Waals surface area (Å²) in [7, 11) is 0. The van der Waals surface area contributed by atoms with Gasteiger partial charge < -0.3 is 15.5 Å². The summed E-state index contributed by atoms with van der Waals surface area (Å²) >= 11 is 11.8. The highest BCUT2D eigenvalue weighted by Crippen LogP contribution is 2.40. The number of hydrogen-bond acceptors (Lipinski definition) is 3. The van der Waals surface area contributed by atoms with Gasteiger partial charge in [0.1, 0.15) is 11.1 Å². The van der Waals surface area contributed by atoms with E-state index in [1.807, 2.05) is 0 Å². The highest BCUT2D eigenvalue weighted by Gasteiger charge is 2.44. The molecule has 3 N–H and O–H groups in total. The zero-order valence-corrected chi connectivity index (χ0v) is 8.94. The Bertz CT molecular complexity index is 323. The standard InChI is InChI=1S/C9H11Cl2NO2/c10-8-6-1-2-12-4-5(6)3-7(13)9(8,11)14/h3,8,12-14H,1-2,4H2. The van der Waals surface area contributed by atoms with Gasteiger partial charge in [-0.15, -0.1) is 11.6 Å². The summed E-state index contributed by atoms with van der Waals surface area (Å²) in [5.41, 5.74) is 1.85. The van der Waals surface area contributed by atoms with Gasteiger partial charge in [0.25, 0.3) is 0 Å². The van der Waals surface area contributed by atoms with Crippen molar-refractivity contribution in [3.63, 3.8) is 0 Å². The maximum absolute atomic E-state index is 9.71. The van der Waals surface area contributed by atoms with Crippen LogP contribution in [0.3, 0.4) is 0 Å². The van der Waals surface area contributed by atoms with E-state index < -0.39 is 10.4 Å². The van der Waals surface area contributed by atoms with Crippen molar-refractivity contribution in [2.45, 2.75) is 16.9 Å². The SMILES string of the molecule is OC1=CC2=C(CCNC2)C(Cl)C1(O)Cl. The third-order valence-electron chi connectivity index (χ3n) is 2.61. The van der Waals surface area contributed by atoms with Gasteiger partial charge in [-0.2, -0.15) is 0 Å². The molecule has 1 heterocycles. The Balaban J connectivity index is 2.42. The molecule has 0 aromatic rings. The quantitative estimate of drug-likeness (QED) is 0.555. The first kappa shape index (κ1) is 10.3. The Morgan fingerprint density at radius 1 is 1.57 bits per heavy atom. The van der Waals surface area contributed by atoms with Crippen LogP contribution < -0.4 is 5.32 Å². The third kappa shape index (κ3) is 1.44. The molecular formula is C9H11Cl2NO2. The number of nitrogens with one attached hydrogen (secondary N) is 1. The summed E-state index contributed by atoms with van der Waals surface area (Å²) in [6, 6.07) is 0. The van der Waals surface area contributed by atoms with Crippen LogP contribution in [0.25, 0.3) is 0 Å². The molecule has 1 aliphatic heterocycles. The average molecular weight is 236 g/mol. The third-order valence-corrected chi connectivity index (χ3v) is 3.71. The van der Waals surface area contributed by atoms with Crippen molar-refractivity contribution in [3.8, 4) is 0 Å². The van der Waals surface area contributed by atoms with Crippen LogP contribution in [0.15, 0.2) is 23.0 Å². The number of aliphatic hydroxyl groups excluding tert-OH is 1. The van der Waals surface area contributed by atoms with Crippen molar-refractivity contribution in [1.29, 1.82) is 0 Å². The van der Waals surface area contributed by atoms with Crippen molar-refractivity contribution in [2.24, 2.45) is 0 Å². The maximum atomic E-state index is 9.71. The number of aliphatic hydroxyl groups is 2. The Morgan fingerprint density at radius 2 is 2.29 bits per heavy atom. The van der Waals surface area contributed by atoms with Crippen LogP contribution in [0.1, 0.15) is 6.42 Å². The first-order valence-electron chi connectivity index (χ1n) is 4.42. The van der Waals surface area contributed by atoms with Gasteiger partial charge in [0.2, 0.25) is 5.06 Å². The minimum atomic E-state index is -1.85. The smallest absolute Gasteiger partial charge is 0.216 e. The molecule has 78 valence electrons. The van der Waals surface area contributed by atoms with Crippen molar-refractivity contribution in [3.05, 3.63) is 23.0 Å². The molecule has 3 nitrogen and oxygen atoms in total. The summed E-state index contributed by atoms with van der Waals surface area (Å²) in [6.07, 6.45) is 2.25. The Morgan fingerprint density at radius 3 is 3.00 bits per heavy atom. The van der Waals surface area contributed by atoms with Crippen LogP contribution in [0.2, 0.25) is 0 Å². The lowest BCUT2D eigenvalue weighted by atomic mass is 9.89. The Hall–Kier alpha value is -0.220. The zero-order valence-electron chi connectivity index (χ0n) is 7.43. The number of rotatable bonds is 0.